The maximum atomic E-state index is 11.0. The molecule has 0 aromatic heterocycles. The smallest absolute Gasteiger partial charge is 0.335 e. The Hall–Kier alpha value is -1.51. The van der Waals surface area contributed by atoms with E-state index in [9.17, 15) is 4.79 Å². The summed E-state index contributed by atoms with van der Waals surface area (Å²) < 4.78 is 0. The summed E-state index contributed by atoms with van der Waals surface area (Å²) in [7, 11) is 0. The zero-order valence-corrected chi connectivity index (χ0v) is 12.3. The quantitative estimate of drug-likeness (QED) is 0.767. The Morgan fingerprint density at radius 3 is 2.16 bits per heavy atom. The lowest BCUT2D eigenvalue weighted by Crippen LogP contribution is -2.25. The molecule has 0 saturated carbocycles. The van der Waals surface area contributed by atoms with E-state index < -0.39 is 5.97 Å². The monoisotopic (exact) mass is 263 g/mol. The van der Waals surface area contributed by atoms with Crippen LogP contribution in [0, 0.1) is 6.92 Å². The van der Waals surface area contributed by atoms with Crippen molar-refractivity contribution < 1.29 is 9.90 Å². The van der Waals surface area contributed by atoms with Gasteiger partial charge in [0.05, 0.1) is 5.56 Å². The molecule has 1 aromatic carbocycles. The highest BCUT2D eigenvalue weighted by Gasteiger charge is 2.10. The molecule has 0 atom stereocenters. The Morgan fingerprint density at radius 1 is 1.16 bits per heavy atom. The van der Waals surface area contributed by atoms with Gasteiger partial charge in [-0.3, -0.25) is 0 Å². The number of carbonyl (C=O) groups is 1. The van der Waals surface area contributed by atoms with Gasteiger partial charge in [-0.25, -0.2) is 4.79 Å². The second-order valence-corrected chi connectivity index (χ2v) is 5.00. The highest BCUT2D eigenvalue weighted by Crippen LogP contribution is 2.20. The standard InChI is InChI=1S/C16H25NO2/c1-4-6-10-17(11-7-5-2)14-8-9-15(16(18)19)13(3)12-14/h8-9,12H,4-7,10-11H2,1-3H3,(H,18,19). The number of hydrogen-bond donors (Lipinski definition) is 1. The number of aryl methyl sites for hydroxylation is 1. The lowest BCUT2D eigenvalue weighted by Gasteiger charge is -2.25. The first-order valence-corrected chi connectivity index (χ1v) is 7.19. The van der Waals surface area contributed by atoms with Crippen molar-refractivity contribution in [1.82, 2.24) is 0 Å². The number of rotatable bonds is 8. The molecule has 0 unspecified atom stereocenters. The summed E-state index contributed by atoms with van der Waals surface area (Å²) in [5.41, 5.74) is 2.38. The summed E-state index contributed by atoms with van der Waals surface area (Å²) in [6.07, 6.45) is 4.69. The average molecular weight is 263 g/mol. The van der Waals surface area contributed by atoms with Gasteiger partial charge in [-0.15, -0.1) is 0 Å². The molecule has 1 rings (SSSR count). The summed E-state index contributed by atoms with van der Waals surface area (Å²) in [4.78, 5) is 13.4. The van der Waals surface area contributed by atoms with Crippen LogP contribution in [-0.4, -0.2) is 24.2 Å². The first-order valence-electron chi connectivity index (χ1n) is 7.19. The van der Waals surface area contributed by atoms with Gasteiger partial charge in [0, 0.05) is 18.8 Å². The van der Waals surface area contributed by atoms with Crippen LogP contribution in [0.5, 0.6) is 0 Å². The molecule has 3 heteroatoms. The van der Waals surface area contributed by atoms with Crippen molar-refractivity contribution >= 4 is 11.7 Å². The highest BCUT2D eigenvalue weighted by molar-refractivity contribution is 5.89. The molecule has 106 valence electrons. The van der Waals surface area contributed by atoms with Crippen LogP contribution >= 0.6 is 0 Å². The van der Waals surface area contributed by atoms with Crippen LogP contribution in [0.4, 0.5) is 5.69 Å². The van der Waals surface area contributed by atoms with Gasteiger partial charge < -0.3 is 10.0 Å². The molecule has 1 N–H and O–H groups in total. The van der Waals surface area contributed by atoms with E-state index in [0.717, 1.165) is 24.3 Å². The molecule has 3 nitrogen and oxygen atoms in total. The van der Waals surface area contributed by atoms with Crippen molar-refractivity contribution in [3.05, 3.63) is 29.3 Å². The molecule has 0 heterocycles. The third-order valence-corrected chi connectivity index (χ3v) is 3.37. The van der Waals surface area contributed by atoms with E-state index in [4.69, 9.17) is 5.11 Å². The first-order chi connectivity index (χ1) is 9.10. The molecular weight excluding hydrogens is 238 g/mol. The van der Waals surface area contributed by atoms with Gasteiger partial charge in [0.2, 0.25) is 0 Å². The molecule has 1 aromatic rings. The minimum Gasteiger partial charge on any atom is -0.478 e. The van der Waals surface area contributed by atoms with E-state index in [1.807, 2.05) is 19.1 Å². The fourth-order valence-corrected chi connectivity index (χ4v) is 2.15. The molecule has 0 bridgehead atoms. The zero-order chi connectivity index (χ0) is 14.3. The summed E-state index contributed by atoms with van der Waals surface area (Å²) >= 11 is 0. The lowest BCUT2D eigenvalue weighted by atomic mass is 10.1. The average Bonchev–Trinajstić information content (AvgIpc) is 2.38. The van der Waals surface area contributed by atoms with Crippen molar-refractivity contribution in [3.63, 3.8) is 0 Å². The molecule has 0 aliphatic heterocycles. The molecule has 0 saturated heterocycles. The number of unbranched alkanes of at least 4 members (excludes halogenated alkanes) is 2. The number of benzene rings is 1. The van der Waals surface area contributed by atoms with Crippen molar-refractivity contribution in [3.8, 4) is 0 Å². The van der Waals surface area contributed by atoms with E-state index in [0.29, 0.717) is 5.56 Å². The molecule has 0 fully saturated rings. The van der Waals surface area contributed by atoms with Gasteiger partial charge in [-0.1, -0.05) is 26.7 Å². The third kappa shape index (κ3) is 4.58. The Bertz CT molecular complexity index is 407. The van der Waals surface area contributed by atoms with Gasteiger partial charge in [0.25, 0.3) is 0 Å². The van der Waals surface area contributed by atoms with Gasteiger partial charge in [-0.05, 0) is 43.5 Å². The summed E-state index contributed by atoms with van der Waals surface area (Å²) in [5, 5.41) is 9.06. The SMILES string of the molecule is CCCCN(CCCC)c1ccc(C(=O)O)c(C)c1. The lowest BCUT2D eigenvalue weighted by molar-refractivity contribution is 0.0696. The van der Waals surface area contributed by atoms with Crippen LogP contribution in [0.15, 0.2) is 18.2 Å². The van der Waals surface area contributed by atoms with E-state index in [1.54, 1.807) is 6.07 Å². The fourth-order valence-electron chi connectivity index (χ4n) is 2.15. The zero-order valence-electron chi connectivity index (χ0n) is 12.3. The maximum absolute atomic E-state index is 11.0. The van der Waals surface area contributed by atoms with Gasteiger partial charge >= 0.3 is 5.97 Å². The van der Waals surface area contributed by atoms with Crippen LogP contribution in [0.25, 0.3) is 0 Å². The predicted molar refractivity (Wildman–Crippen MR) is 80.2 cm³/mol. The number of carboxylic acids is 1. The van der Waals surface area contributed by atoms with Crippen molar-refractivity contribution in [2.45, 2.75) is 46.5 Å². The molecule has 0 aliphatic carbocycles. The van der Waals surface area contributed by atoms with Crippen LogP contribution in [0.3, 0.4) is 0 Å². The van der Waals surface area contributed by atoms with Gasteiger partial charge in [-0.2, -0.15) is 0 Å². The maximum Gasteiger partial charge on any atom is 0.335 e. The summed E-state index contributed by atoms with van der Waals surface area (Å²) in [6, 6.07) is 5.65. The van der Waals surface area contributed by atoms with Crippen molar-refractivity contribution in [2.24, 2.45) is 0 Å². The van der Waals surface area contributed by atoms with Gasteiger partial charge in [0.15, 0.2) is 0 Å². The summed E-state index contributed by atoms with van der Waals surface area (Å²) in [5.74, 6) is -0.849. The van der Waals surface area contributed by atoms with E-state index in [-0.39, 0.29) is 0 Å². The molecule has 0 radical (unpaired) electrons. The number of carboxylic acid groups (broad SMARTS) is 1. The Kier molecular flexibility index (Phi) is 6.40. The van der Waals surface area contributed by atoms with Crippen molar-refractivity contribution in [2.75, 3.05) is 18.0 Å². The molecule has 19 heavy (non-hydrogen) atoms. The Morgan fingerprint density at radius 2 is 1.74 bits per heavy atom. The van der Waals surface area contributed by atoms with Crippen LogP contribution < -0.4 is 4.90 Å². The van der Waals surface area contributed by atoms with Crippen LogP contribution in [0.1, 0.15) is 55.5 Å². The van der Waals surface area contributed by atoms with E-state index >= 15 is 0 Å². The first kappa shape index (κ1) is 15.5. The largest absolute Gasteiger partial charge is 0.478 e. The van der Waals surface area contributed by atoms with E-state index in [2.05, 4.69) is 18.7 Å². The minimum absolute atomic E-state index is 0.398. The molecule has 0 spiro atoms. The second-order valence-electron chi connectivity index (χ2n) is 5.00. The summed E-state index contributed by atoms with van der Waals surface area (Å²) in [6.45, 7) is 8.34. The van der Waals surface area contributed by atoms with E-state index in [1.165, 1.54) is 25.7 Å². The van der Waals surface area contributed by atoms with Crippen LogP contribution in [0.2, 0.25) is 0 Å². The number of anilines is 1. The Balaban J connectivity index is 2.88. The normalized spacial score (nSPS) is 10.5. The Labute approximate surface area is 116 Å². The predicted octanol–water partition coefficient (Wildman–Crippen LogP) is 4.10. The molecular formula is C16H25NO2. The number of hydrogen-bond acceptors (Lipinski definition) is 2. The third-order valence-electron chi connectivity index (χ3n) is 3.37. The number of aromatic carboxylic acids is 1. The fraction of sp³-hybridized carbons (Fsp3) is 0.562. The minimum atomic E-state index is -0.849. The number of nitrogens with zero attached hydrogens (tertiary/aromatic N) is 1. The van der Waals surface area contributed by atoms with Gasteiger partial charge in [0.1, 0.15) is 0 Å². The second kappa shape index (κ2) is 7.82. The molecule has 0 aliphatic rings. The van der Waals surface area contributed by atoms with Crippen molar-refractivity contribution in [1.29, 1.82) is 0 Å². The van der Waals surface area contributed by atoms with Crippen LogP contribution in [-0.2, 0) is 0 Å². The topological polar surface area (TPSA) is 40.5 Å². The molecule has 0 amide bonds. The highest BCUT2D eigenvalue weighted by atomic mass is 16.4.